The molecule has 7 rings (SSSR count). The monoisotopic (exact) mass is 495 g/mol. The molecule has 1 N–H and O–H groups in total. The maximum Gasteiger partial charge on any atom is 0.150 e. The van der Waals surface area contributed by atoms with Gasteiger partial charge in [-0.15, -0.1) is 0 Å². The summed E-state index contributed by atoms with van der Waals surface area (Å²) in [5, 5.41) is 8.62. The maximum absolute atomic E-state index is 4.80. The van der Waals surface area contributed by atoms with Crippen molar-refractivity contribution in [2.45, 2.75) is 25.9 Å². The van der Waals surface area contributed by atoms with Gasteiger partial charge in [-0.1, -0.05) is 66.7 Å². The Hall–Kier alpha value is -4.64. The van der Waals surface area contributed by atoms with Crippen molar-refractivity contribution in [3.05, 3.63) is 115 Å². The van der Waals surface area contributed by atoms with Gasteiger partial charge in [-0.3, -0.25) is 4.98 Å². The molecule has 0 aliphatic rings. The number of para-hydroxylation sites is 2. The number of aryl methyl sites for hydroxylation is 3. The highest BCUT2D eigenvalue weighted by molar-refractivity contribution is 6.11. The molecule has 0 saturated carbocycles. The van der Waals surface area contributed by atoms with Crippen LogP contribution in [-0.2, 0) is 26.6 Å². The normalized spacial score (nSPS) is 11.7. The summed E-state index contributed by atoms with van der Waals surface area (Å²) in [7, 11) is 2.10. The van der Waals surface area contributed by atoms with Crippen molar-refractivity contribution in [1.82, 2.24) is 19.1 Å². The fraction of sp³-hybridized carbons (Fsp3) is 0.152. The van der Waals surface area contributed by atoms with Crippen LogP contribution in [-0.4, -0.2) is 19.1 Å². The standard InChI is InChI=1S/C33H29N5/c1-37-29-15-7-5-14-26(29)28-20-24(35-22-31(28)37)21-36-33-32-27(17-18-34-33)25-13-6-8-16-30(25)38(32)19-9-12-23-10-3-2-4-11-23/h2-8,10-11,13-18,20,22H,9,12,19,21H2,1H3,(H,34,36). The van der Waals surface area contributed by atoms with Crippen LogP contribution in [0.4, 0.5) is 5.82 Å². The van der Waals surface area contributed by atoms with Crippen LogP contribution in [0.25, 0.3) is 43.6 Å². The number of hydrogen-bond donors (Lipinski definition) is 1. The Morgan fingerprint density at radius 1 is 0.711 bits per heavy atom. The second-order valence-electron chi connectivity index (χ2n) is 9.94. The van der Waals surface area contributed by atoms with Crippen LogP contribution in [0.1, 0.15) is 17.7 Å². The van der Waals surface area contributed by atoms with Crippen LogP contribution >= 0.6 is 0 Å². The van der Waals surface area contributed by atoms with Gasteiger partial charge in [-0.2, -0.15) is 0 Å². The molecular formula is C33H29N5. The van der Waals surface area contributed by atoms with E-state index in [0.29, 0.717) is 6.54 Å². The molecule has 0 atom stereocenters. The molecule has 5 heteroatoms. The molecule has 3 aromatic carbocycles. The molecule has 4 heterocycles. The smallest absolute Gasteiger partial charge is 0.150 e. The highest BCUT2D eigenvalue weighted by Crippen LogP contribution is 2.33. The van der Waals surface area contributed by atoms with Crippen molar-refractivity contribution in [2.24, 2.45) is 7.05 Å². The van der Waals surface area contributed by atoms with E-state index in [-0.39, 0.29) is 0 Å². The van der Waals surface area contributed by atoms with Gasteiger partial charge in [0.25, 0.3) is 0 Å². The molecule has 186 valence electrons. The number of rotatable bonds is 7. The van der Waals surface area contributed by atoms with Gasteiger partial charge in [-0.25, -0.2) is 4.98 Å². The van der Waals surface area contributed by atoms with Gasteiger partial charge >= 0.3 is 0 Å². The lowest BCUT2D eigenvalue weighted by Crippen LogP contribution is -2.07. The Morgan fingerprint density at radius 3 is 2.29 bits per heavy atom. The van der Waals surface area contributed by atoms with E-state index in [1.54, 1.807) is 0 Å². The topological polar surface area (TPSA) is 47.7 Å². The number of nitrogens with one attached hydrogen (secondary N) is 1. The third-order valence-corrected chi connectivity index (χ3v) is 7.66. The second kappa shape index (κ2) is 9.34. The minimum absolute atomic E-state index is 0.608. The first kappa shape index (κ1) is 22.5. The molecule has 0 amide bonds. The Bertz CT molecular complexity index is 1910. The quantitative estimate of drug-likeness (QED) is 0.249. The van der Waals surface area contributed by atoms with Gasteiger partial charge in [0.2, 0.25) is 0 Å². The summed E-state index contributed by atoms with van der Waals surface area (Å²) in [5.74, 6) is 0.901. The van der Waals surface area contributed by atoms with Gasteiger partial charge in [-0.05, 0) is 42.7 Å². The van der Waals surface area contributed by atoms with Gasteiger partial charge in [0, 0.05) is 52.4 Å². The van der Waals surface area contributed by atoms with E-state index in [2.05, 4.69) is 112 Å². The molecule has 7 aromatic rings. The molecule has 4 aromatic heterocycles. The molecule has 5 nitrogen and oxygen atoms in total. The highest BCUT2D eigenvalue weighted by Gasteiger charge is 2.15. The van der Waals surface area contributed by atoms with Crippen molar-refractivity contribution in [3.63, 3.8) is 0 Å². The Balaban J connectivity index is 1.23. The van der Waals surface area contributed by atoms with E-state index in [0.717, 1.165) is 41.9 Å². The molecular weight excluding hydrogens is 466 g/mol. The van der Waals surface area contributed by atoms with E-state index in [4.69, 9.17) is 9.97 Å². The Labute approximate surface area is 221 Å². The van der Waals surface area contributed by atoms with E-state index < -0.39 is 0 Å². The molecule has 0 spiro atoms. The summed E-state index contributed by atoms with van der Waals surface area (Å²) in [6.07, 6.45) is 6.01. The third-order valence-electron chi connectivity index (χ3n) is 7.66. The summed E-state index contributed by atoms with van der Waals surface area (Å²) < 4.78 is 4.65. The lowest BCUT2D eigenvalue weighted by molar-refractivity contribution is 0.677. The minimum atomic E-state index is 0.608. The van der Waals surface area contributed by atoms with Crippen molar-refractivity contribution in [2.75, 3.05) is 5.32 Å². The number of benzene rings is 3. The lowest BCUT2D eigenvalue weighted by Gasteiger charge is -2.12. The summed E-state index contributed by atoms with van der Waals surface area (Å²) >= 11 is 0. The van der Waals surface area contributed by atoms with Gasteiger partial charge in [0.15, 0.2) is 5.82 Å². The minimum Gasteiger partial charge on any atom is -0.363 e. The number of pyridine rings is 2. The predicted octanol–water partition coefficient (Wildman–Crippen LogP) is 7.47. The zero-order valence-corrected chi connectivity index (χ0v) is 21.4. The summed E-state index contributed by atoms with van der Waals surface area (Å²) in [6.45, 7) is 1.54. The molecule has 0 aliphatic heterocycles. The fourth-order valence-corrected chi connectivity index (χ4v) is 5.82. The molecule has 0 aliphatic carbocycles. The van der Waals surface area contributed by atoms with Crippen LogP contribution in [0.15, 0.2) is 103 Å². The number of anilines is 1. The van der Waals surface area contributed by atoms with Crippen LogP contribution in [0.5, 0.6) is 0 Å². The number of fused-ring (bicyclic) bond motifs is 6. The van der Waals surface area contributed by atoms with Crippen LogP contribution in [0.3, 0.4) is 0 Å². The fourth-order valence-electron chi connectivity index (χ4n) is 5.82. The van der Waals surface area contributed by atoms with Gasteiger partial charge < -0.3 is 14.5 Å². The highest BCUT2D eigenvalue weighted by atomic mass is 15.1. The molecule has 0 saturated heterocycles. The zero-order chi connectivity index (χ0) is 25.5. The predicted molar refractivity (Wildman–Crippen MR) is 158 cm³/mol. The van der Waals surface area contributed by atoms with Crippen molar-refractivity contribution in [1.29, 1.82) is 0 Å². The SMILES string of the molecule is Cn1c2ccccc2c2cc(CNc3nccc4c5ccccc5n(CCCc5ccccc5)c34)ncc21. The van der Waals surface area contributed by atoms with E-state index in [1.807, 2.05) is 12.4 Å². The Kier molecular flexibility index (Phi) is 5.54. The maximum atomic E-state index is 4.80. The number of nitrogens with zero attached hydrogens (tertiary/aromatic N) is 4. The molecule has 0 bridgehead atoms. The van der Waals surface area contributed by atoms with Gasteiger partial charge in [0.1, 0.15) is 0 Å². The third kappa shape index (κ3) is 3.79. The first-order valence-electron chi connectivity index (χ1n) is 13.2. The first-order valence-corrected chi connectivity index (χ1v) is 13.2. The molecule has 0 unspecified atom stereocenters. The van der Waals surface area contributed by atoms with Crippen LogP contribution in [0, 0.1) is 0 Å². The average Bonchev–Trinajstić information content (AvgIpc) is 3.45. The van der Waals surface area contributed by atoms with E-state index >= 15 is 0 Å². The van der Waals surface area contributed by atoms with Crippen molar-refractivity contribution >= 4 is 49.4 Å². The molecule has 0 radical (unpaired) electrons. The molecule has 0 fully saturated rings. The van der Waals surface area contributed by atoms with Gasteiger partial charge in [0.05, 0.1) is 29.5 Å². The number of hydrogen-bond acceptors (Lipinski definition) is 3. The van der Waals surface area contributed by atoms with E-state index in [1.165, 1.54) is 38.1 Å². The Morgan fingerprint density at radius 2 is 1.45 bits per heavy atom. The summed E-state index contributed by atoms with van der Waals surface area (Å²) in [5.41, 5.74) is 7.16. The van der Waals surface area contributed by atoms with E-state index in [9.17, 15) is 0 Å². The second-order valence-corrected chi connectivity index (χ2v) is 9.94. The van der Waals surface area contributed by atoms with Crippen molar-refractivity contribution < 1.29 is 0 Å². The molecule has 38 heavy (non-hydrogen) atoms. The zero-order valence-electron chi connectivity index (χ0n) is 21.4. The van der Waals surface area contributed by atoms with Crippen molar-refractivity contribution in [3.8, 4) is 0 Å². The van der Waals surface area contributed by atoms with Crippen LogP contribution in [0.2, 0.25) is 0 Å². The lowest BCUT2D eigenvalue weighted by atomic mass is 10.1. The summed E-state index contributed by atoms with van der Waals surface area (Å²) in [6, 6.07) is 32.3. The first-order chi connectivity index (χ1) is 18.8. The van der Waals surface area contributed by atoms with Crippen LogP contribution < -0.4 is 5.32 Å². The largest absolute Gasteiger partial charge is 0.363 e. The summed E-state index contributed by atoms with van der Waals surface area (Å²) in [4.78, 5) is 9.59. The number of aromatic nitrogens is 4. The average molecular weight is 496 g/mol.